The van der Waals surface area contributed by atoms with Crippen LogP contribution in [0.4, 0.5) is 0 Å². The predicted molar refractivity (Wildman–Crippen MR) is 109 cm³/mol. The van der Waals surface area contributed by atoms with E-state index in [1.54, 1.807) is 0 Å². The number of aromatic nitrogens is 2. The van der Waals surface area contributed by atoms with Crippen LogP contribution in [0.1, 0.15) is 74.9 Å². The average molecular weight is 348 g/mol. The van der Waals surface area contributed by atoms with Crippen molar-refractivity contribution in [2.75, 3.05) is 0 Å². The van der Waals surface area contributed by atoms with Crippen LogP contribution in [0, 0.1) is 0 Å². The molecule has 1 heterocycles. The number of benzene rings is 2. The van der Waals surface area contributed by atoms with Gasteiger partial charge in [-0.15, -0.1) is 0 Å². The van der Waals surface area contributed by atoms with Crippen LogP contribution in [0.2, 0.25) is 0 Å². The number of aromatic amines is 1. The Bertz CT molecular complexity index is 875. The largest absolute Gasteiger partial charge is 0.307 e. The van der Waals surface area contributed by atoms with Crippen LogP contribution in [0.5, 0.6) is 0 Å². The Labute approximate surface area is 156 Å². The van der Waals surface area contributed by atoms with Crippen molar-refractivity contribution in [1.82, 2.24) is 15.5 Å². The van der Waals surface area contributed by atoms with E-state index in [1.807, 2.05) is 0 Å². The third-order valence-corrected chi connectivity index (χ3v) is 5.86. The van der Waals surface area contributed by atoms with Gasteiger partial charge in [0.05, 0.1) is 5.69 Å². The number of H-pyrrole nitrogens is 1. The quantitative estimate of drug-likeness (QED) is 0.624. The van der Waals surface area contributed by atoms with Crippen molar-refractivity contribution in [3.63, 3.8) is 0 Å². The maximum absolute atomic E-state index is 4.48. The minimum Gasteiger partial charge on any atom is -0.307 e. The highest BCUT2D eigenvalue weighted by Gasteiger charge is 2.28. The number of nitrogens with zero attached hydrogens (tertiary/aromatic N) is 1. The third-order valence-electron chi connectivity index (χ3n) is 5.86. The Morgan fingerprint density at radius 1 is 1.04 bits per heavy atom. The Balaban J connectivity index is 1.44. The Kier molecular flexibility index (Phi) is 4.82. The fourth-order valence-electron chi connectivity index (χ4n) is 4.34. The molecule has 1 aliphatic rings. The Morgan fingerprint density at radius 3 is 2.65 bits per heavy atom. The standard InChI is InChI=1S/C23H29N3/c1-15(2)22-14-23(26-25-22)18-11-12-19(13-18)24-16(3)20-10-6-8-17-7-4-5-9-21(17)20/h4-10,14-16,18-19,24H,11-13H2,1-3H3,(H,25,26)/t16-,18?,19?/m1/s1. The van der Waals surface area contributed by atoms with Gasteiger partial charge >= 0.3 is 0 Å². The molecule has 2 aromatic carbocycles. The van der Waals surface area contributed by atoms with Crippen LogP contribution in [0.25, 0.3) is 10.8 Å². The lowest BCUT2D eigenvalue weighted by Crippen LogP contribution is -2.29. The summed E-state index contributed by atoms with van der Waals surface area (Å²) in [6.45, 7) is 6.69. The summed E-state index contributed by atoms with van der Waals surface area (Å²) >= 11 is 0. The fraction of sp³-hybridized carbons (Fsp3) is 0.435. The Hall–Kier alpha value is -2.13. The van der Waals surface area contributed by atoms with E-state index >= 15 is 0 Å². The van der Waals surface area contributed by atoms with Crippen molar-refractivity contribution in [3.8, 4) is 0 Å². The van der Waals surface area contributed by atoms with Crippen LogP contribution >= 0.6 is 0 Å². The van der Waals surface area contributed by atoms with Crippen LogP contribution in [-0.2, 0) is 0 Å². The van der Waals surface area contributed by atoms with E-state index in [9.17, 15) is 0 Å². The second kappa shape index (κ2) is 7.24. The van der Waals surface area contributed by atoms with Crippen LogP contribution in [0.3, 0.4) is 0 Å². The fourth-order valence-corrected chi connectivity index (χ4v) is 4.34. The first-order chi connectivity index (χ1) is 12.6. The van der Waals surface area contributed by atoms with Crippen molar-refractivity contribution >= 4 is 10.8 Å². The first-order valence-electron chi connectivity index (χ1n) is 9.90. The highest BCUT2D eigenvalue weighted by Crippen LogP contribution is 2.36. The van der Waals surface area contributed by atoms with Crippen molar-refractivity contribution in [3.05, 3.63) is 65.5 Å². The number of fused-ring (bicyclic) bond motifs is 1. The van der Waals surface area contributed by atoms with Gasteiger partial charge in [-0.3, -0.25) is 5.10 Å². The van der Waals surface area contributed by atoms with E-state index in [0.29, 0.717) is 23.9 Å². The molecule has 1 aliphatic carbocycles. The topological polar surface area (TPSA) is 40.7 Å². The number of hydrogen-bond donors (Lipinski definition) is 2. The molecular formula is C23H29N3. The molecule has 3 heteroatoms. The molecule has 0 saturated heterocycles. The summed E-state index contributed by atoms with van der Waals surface area (Å²) in [7, 11) is 0. The van der Waals surface area contributed by atoms with Crippen molar-refractivity contribution in [2.24, 2.45) is 0 Å². The summed E-state index contributed by atoms with van der Waals surface area (Å²) < 4.78 is 0. The van der Waals surface area contributed by atoms with Crippen LogP contribution in [0.15, 0.2) is 48.5 Å². The van der Waals surface area contributed by atoms with Gasteiger partial charge in [0, 0.05) is 23.7 Å². The molecule has 0 spiro atoms. The molecule has 1 saturated carbocycles. The van der Waals surface area contributed by atoms with E-state index in [0.717, 1.165) is 0 Å². The molecule has 0 bridgehead atoms. The normalized spacial score (nSPS) is 21.5. The lowest BCUT2D eigenvalue weighted by atomic mass is 9.98. The number of hydrogen-bond acceptors (Lipinski definition) is 2. The first kappa shape index (κ1) is 17.3. The predicted octanol–water partition coefficient (Wildman–Crippen LogP) is 5.67. The maximum atomic E-state index is 4.48. The van der Waals surface area contributed by atoms with Gasteiger partial charge in [0.25, 0.3) is 0 Å². The molecule has 26 heavy (non-hydrogen) atoms. The third kappa shape index (κ3) is 3.41. The molecule has 3 nitrogen and oxygen atoms in total. The van der Waals surface area contributed by atoms with Gasteiger partial charge in [0.15, 0.2) is 0 Å². The number of rotatable bonds is 5. The summed E-state index contributed by atoms with van der Waals surface area (Å²) in [4.78, 5) is 0. The van der Waals surface area contributed by atoms with Crippen molar-refractivity contribution < 1.29 is 0 Å². The summed E-state index contributed by atoms with van der Waals surface area (Å²) in [5.74, 6) is 1.09. The highest BCUT2D eigenvalue weighted by atomic mass is 15.1. The van der Waals surface area contributed by atoms with Gasteiger partial charge in [0.2, 0.25) is 0 Å². The van der Waals surface area contributed by atoms with Gasteiger partial charge in [0.1, 0.15) is 0 Å². The van der Waals surface area contributed by atoms with Crippen molar-refractivity contribution in [2.45, 2.75) is 64.0 Å². The molecule has 1 fully saturated rings. The zero-order chi connectivity index (χ0) is 18.1. The van der Waals surface area contributed by atoms with Gasteiger partial charge < -0.3 is 5.32 Å². The van der Waals surface area contributed by atoms with E-state index in [4.69, 9.17) is 0 Å². The average Bonchev–Trinajstić information content (AvgIpc) is 3.30. The molecule has 0 radical (unpaired) electrons. The van der Waals surface area contributed by atoms with Gasteiger partial charge in [-0.05, 0) is 54.5 Å². The minimum absolute atomic E-state index is 0.359. The molecule has 4 rings (SSSR count). The van der Waals surface area contributed by atoms with Gasteiger partial charge in [-0.25, -0.2) is 0 Å². The molecule has 2 N–H and O–H groups in total. The van der Waals surface area contributed by atoms with Crippen LogP contribution < -0.4 is 5.32 Å². The molecule has 3 aromatic rings. The highest BCUT2D eigenvalue weighted by molar-refractivity contribution is 5.86. The molecule has 2 unspecified atom stereocenters. The van der Waals surface area contributed by atoms with Gasteiger partial charge in [-0.2, -0.15) is 5.10 Å². The summed E-state index contributed by atoms with van der Waals surface area (Å²) in [6.07, 6.45) is 3.66. The zero-order valence-corrected chi connectivity index (χ0v) is 16.0. The van der Waals surface area contributed by atoms with Crippen LogP contribution in [-0.4, -0.2) is 16.2 Å². The molecule has 136 valence electrons. The lowest BCUT2D eigenvalue weighted by Gasteiger charge is -2.21. The monoisotopic (exact) mass is 347 g/mol. The lowest BCUT2D eigenvalue weighted by molar-refractivity contribution is 0.458. The minimum atomic E-state index is 0.359. The first-order valence-corrected chi connectivity index (χ1v) is 9.90. The van der Waals surface area contributed by atoms with E-state index in [1.165, 1.54) is 47.0 Å². The molecular weight excluding hydrogens is 318 g/mol. The Morgan fingerprint density at radius 2 is 1.85 bits per heavy atom. The van der Waals surface area contributed by atoms with E-state index < -0.39 is 0 Å². The maximum Gasteiger partial charge on any atom is 0.0650 e. The summed E-state index contributed by atoms with van der Waals surface area (Å²) in [6, 6.07) is 18.5. The molecule has 3 atom stereocenters. The van der Waals surface area contributed by atoms with E-state index in [-0.39, 0.29) is 0 Å². The SMILES string of the molecule is CC(C)c1cc(C2CCC(N[C@H](C)c3cccc4ccccc34)C2)[nH]n1. The molecule has 0 aliphatic heterocycles. The second-order valence-corrected chi connectivity index (χ2v) is 8.07. The molecule has 0 amide bonds. The smallest absolute Gasteiger partial charge is 0.0650 e. The van der Waals surface area contributed by atoms with Crippen molar-refractivity contribution in [1.29, 1.82) is 0 Å². The summed E-state index contributed by atoms with van der Waals surface area (Å²) in [5.41, 5.74) is 3.89. The number of nitrogens with one attached hydrogen (secondary N) is 2. The molecule has 1 aromatic heterocycles. The summed E-state index contributed by atoms with van der Waals surface area (Å²) in [5, 5.41) is 14.3. The van der Waals surface area contributed by atoms with Gasteiger partial charge in [-0.1, -0.05) is 56.3 Å². The second-order valence-electron chi connectivity index (χ2n) is 8.07. The zero-order valence-electron chi connectivity index (χ0n) is 16.0. The van der Waals surface area contributed by atoms with E-state index in [2.05, 4.69) is 84.8 Å².